The van der Waals surface area contributed by atoms with Crippen molar-refractivity contribution in [2.45, 2.75) is 32.6 Å². The Bertz CT molecular complexity index is 724. The number of carbonyl (C=O) groups excluding carboxylic acids is 3. The molecule has 1 aromatic rings. The standard InChI is InChI=1S/C18H19NO5/c1-3-12(19-23-4-2)16-13(20)9-11-10-7-5-6-8-14(10)24-18(22)15(11)17(16)21/h5-8,11,15-16H,3-4,9H2,1-2H3. The Morgan fingerprint density at radius 3 is 2.71 bits per heavy atom. The van der Waals surface area contributed by atoms with E-state index in [0.29, 0.717) is 24.5 Å². The monoisotopic (exact) mass is 329 g/mol. The van der Waals surface area contributed by atoms with Gasteiger partial charge in [-0.3, -0.25) is 14.4 Å². The molecule has 0 saturated heterocycles. The zero-order valence-corrected chi connectivity index (χ0v) is 13.7. The molecule has 24 heavy (non-hydrogen) atoms. The topological polar surface area (TPSA) is 82.0 Å². The van der Waals surface area contributed by atoms with E-state index >= 15 is 0 Å². The minimum Gasteiger partial charge on any atom is -0.426 e. The van der Waals surface area contributed by atoms with Crippen LogP contribution in [0.25, 0.3) is 0 Å². The Balaban J connectivity index is 1.98. The van der Waals surface area contributed by atoms with Crippen LogP contribution in [-0.4, -0.2) is 29.9 Å². The molecule has 3 rings (SSSR count). The van der Waals surface area contributed by atoms with Gasteiger partial charge in [-0.05, 0) is 25.0 Å². The molecule has 1 saturated carbocycles. The predicted molar refractivity (Wildman–Crippen MR) is 85.8 cm³/mol. The Labute approximate surface area is 139 Å². The van der Waals surface area contributed by atoms with E-state index in [1.807, 2.05) is 6.07 Å². The molecule has 3 unspecified atom stereocenters. The van der Waals surface area contributed by atoms with E-state index < -0.39 is 29.5 Å². The maximum Gasteiger partial charge on any atom is 0.322 e. The van der Waals surface area contributed by atoms with Gasteiger partial charge in [0.05, 0.1) is 5.71 Å². The highest BCUT2D eigenvalue weighted by Crippen LogP contribution is 2.44. The molecule has 0 radical (unpaired) electrons. The summed E-state index contributed by atoms with van der Waals surface area (Å²) < 4.78 is 5.31. The van der Waals surface area contributed by atoms with Crippen molar-refractivity contribution in [3.05, 3.63) is 29.8 Å². The lowest BCUT2D eigenvalue weighted by molar-refractivity contribution is -0.150. The van der Waals surface area contributed by atoms with Crippen molar-refractivity contribution < 1.29 is 24.0 Å². The molecule has 1 fully saturated rings. The van der Waals surface area contributed by atoms with Crippen LogP contribution in [0.5, 0.6) is 5.75 Å². The van der Waals surface area contributed by atoms with Crippen molar-refractivity contribution >= 4 is 23.2 Å². The van der Waals surface area contributed by atoms with Gasteiger partial charge in [-0.2, -0.15) is 0 Å². The van der Waals surface area contributed by atoms with Gasteiger partial charge in [-0.1, -0.05) is 30.3 Å². The Morgan fingerprint density at radius 1 is 1.25 bits per heavy atom. The Kier molecular flexibility index (Phi) is 4.46. The van der Waals surface area contributed by atoms with Crippen molar-refractivity contribution in [2.75, 3.05) is 6.61 Å². The van der Waals surface area contributed by atoms with Crippen LogP contribution in [0.3, 0.4) is 0 Å². The fourth-order valence-electron chi connectivity index (χ4n) is 3.43. The highest BCUT2D eigenvalue weighted by atomic mass is 16.6. The van der Waals surface area contributed by atoms with Gasteiger partial charge in [-0.15, -0.1) is 0 Å². The molecule has 1 aromatic carbocycles. The first-order valence-corrected chi connectivity index (χ1v) is 8.14. The van der Waals surface area contributed by atoms with Gasteiger partial charge < -0.3 is 9.57 Å². The van der Waals surface area contributed by atoms with Gasteiger partial charge in [0.15, 0.2) is 5.78 Å². The molecule has 126 valence electrons. The van der Waals surface area contributed by atoms with E-state index in [2.05, 4.69) is 5.16 Å². The molecular formula is C18H19NO5. The molecule has 0 amide bonds. The lowest BCUT2D eigenvalue weighted by Gasteiger charge is -2.36. The minimum atomic E-state index is -1.01. The second kappa shape index (κ2) is 6.55. The number of ether oxygens (including phenoxy) is 1. The zero-order chi connectivity index (χ0) is 17.3. The van der Waals surface area contributed by atoms with Crippen LogP contribution in [0.1, 0.15) is 38.2 Å². The smallest absolute Gasteiger partial charge is 0.322 e. The van der Waals surface area contributed by atoms with Crippen LogP contribution in [0.4, 0.5) is 0 Å². The predicted octanol–water partition coefficient (Wildman–Crippen LogP) is 2.27. The van der Waals surface area contributed by atoms with E-state index in [1.54, 1.807) is 32.0 Å². The summed E-state index contributed by atoms with van der Waals surface area (Å²) in [4.78, 5) is 42.9. The van der Waals surface area contributed by atoms with Crippen molar-refractivity contribution in [1.29, 1.82) is 0 Å². The number of hydrogen-bond acceptors (Lipinski definition) is 6. The Morgan fingerprint density at radius 2 is 2.00 bits per heavy atom. The first-order valence-electron chi connectivity index (χ1n) is 8.14. The summed E-state index contributed by atoms with van der Waals surface area (Å²) in [5, 5.41) is 3.92. The molecule has 6 nitrogen and oxygen atoms in total. The number of para-hydroxylation sites is 1. The van der Waals surface area contributed by atoms with Crippen LogP contribution in [0, 0.1) is 11.8 Å². The van der Waals surface area contributed by atoms with Gasteiger partial charge in [-0.25, -0.2) is 0 Å². The molecule has 0 N–H and O–H groups in total. The highest BCUT2D eigenvalue weighted by molar-refractivity contribution is 6.26. The largest absolute Gasteiger partial charge is 0.426 e. The normalized spacial score (nSPS) is 26.5. The number of benzene rings is 1. The fourth-order valence-corrected chi connectivity index (χ4v) is 3.43. The summed E-state index contributed by atoms with van der Waals surface area (Å²) in [5.41, 5.74) is 1.11. The number of ketones is 2. The first-order chi connectivity index (χ1) is 11.6. The lowest BCUT2D eigenvalue weighted by Crippen LogP contribution is -2.49. The van der Waals surface area contributed by atoms with Crippen LogP contribution in [-0.2, 0) is 19.2 Å². The van der Waals surface area contributed by atoms with Crippen LogP contribution in [0.2, 0.25) is 0 Å². The lowest BCUT2D eigenvalue weighted by atomic mass is 9.67. The summed E-state index contributed by atoms with van der Waals surface area (Å²) in [5.74, 6) is -3.23. The Hall–Kier alpha value is -2.50. The van der Waals surface area contributed by atoms with E-state index in [1.165, 1.54) is 0 Å². The van der Waals surface area contributed by atoms with E-state index in [-0.39, 0.29) is 12.2 Å². The maximum atomic E-state index is 12.9. The molecule has 1 aliphatic carbocycles. The summed E-state index contributed by atoms with van der Waals surface area (Å²) in [7, 11) is 0. The van der Waals surface area contributed by atoms with Crippen molar-refractivity contribution in [3.8, 4) is 5.75 Å². The van der Waals surface area contributed by atoms with Gasteiger partial charge in [0.25, 0.3) is 0 Å². The van der Waals surface area contributed by atoms with Gasteiger partial charge in [0.1, 0.15) is 30.0 Å². The second-order valence-corrected chi connectivity index (χ2v) is 5.90. The zero-order valence-electron chi connectivity index (χ0n) is 13.7. The number of nitrogens with zero attached hydrogens (tertiary/aromatic N) is 1. The molecular weight excluding hydrogens is 310 g/mol. The molecule has 2 aliphatic rings. The molecule has 1 heterocycles. The van der Waals surface area contributed by atoms with Crippen LogP contribution >= 0.6 is 0 Å². The molecule has 6 heteroatoms. The summed E-state index contributed by atoms with van der Waals surface area (Å²) in [6.07, 6.45) is 0.531. The number of fused-ring (bicyclic) bond motifs is 3. The number of Topliss-reactive ketones (excluding diaryl/α,β-unsaturated/α-hetero) is 2. The summed E-state index contributed by atoms with van der Waals surface area (Å²) >= 11 is 0. The number of carbonyl (C=O) groups is 3. The van der Waals surface area contributed by atoms with Crippen molar-refractivity contribution in [2.24, 2.45) is 17.0 Å². The fraction of sp³-hybridized carbons (Fsp3) is 0.444. The van der Waals surface area contributed by atoms with Crippen LogP contribution in [0.15, 0.2) is 29.4 Å². The van der Waals surface area contributed by atoms with E-state index in [0.717, 1.165) is 5.56 Å². The number of hydrogen-bond donors (Lipinski definition) is 0. The number of oxime groups is 1. The minimum absolute atomic E-state index is 0.123. The SMILES string of the molecule is CCON=C(CC)C1C(=O)CC2c3ccccc3OC(=O)C2C1=O. The number of esters is 1. The third-order valence-electron chi connectivity index (χ3n) is 4.53. The maximum absolute atomic E-state index is 12.9. The molecule has 1 aliphatic heterocycles. The van der Waals surface area contributed by atoms with Gasteiger partial charge in [0, 0.05) is 12.3 Å². The average molecular weight is 329 g/mol. The summed E-state index contributed by atoms with van der Waals surface area (Å²) in [6, 6.07) is 7.05. The van der Waals surface area contributed by atoms with Crippen LogP contribution < -0.4 is 4.74 Å². The third-order valence-corrected chi connectivity index (χ3v) is 4.53. The summed E-state index contributed by atoms with van der Waals surface area (Å²) in [6.45, 7) is 3.92. The van der Waals surface area contributed by atoms with Crippen molar-refractivity contribution in [3.63, 3.8) is 0 Å². The first kappa shape index (κ1) is 16.4. The second-order valence-electron chi connectivity index (χ2n) is 5.90. The molecule has 0 spiro atoms. The highest BCUT2D eigenvalue weighted by Gasteiger charge is 2.52. The van der Waals surface area contributed by atoms with E-state index in [9.17, 15) is 14.4 Å². The molecule has 0 bridgehead atoms. The molecule has 3 atom stereocenters. The number of rotatable bonds is 4. The molecule has 0 aromatic heterocycles. The van der Waals surface area contributed by atoms with Gasteiger partial charge >= 0.3 is 5.97 Å². The van der Waals surface area contributed by atoms with Crippen molar-refractivity contribution in [1.82, 2.24) is 0 Å². The van der Waals surface area contributed by atoms with E-state index in [4.69, 9.17) is 9.57 Å². The third kappa shape index (κ3) is 2.62. The average Bonchev–Trinajstić information content (AvgIpc) is 2.57. The quantitative estimate of drug-likeness (QED) is 0.278. The van der Waals surface area contributed by atoms with Gasteiger partial charge in [0.2, 0.25) is 0 Å².